The molecular weight excluding hydrogens is 344 g/mol. The zero-order valence-corrected chi connectivity index (χ0v) is 15.3. The monoisotopic (exact) mass is 362 g/mol. The molecular formula is C18H19ClN2O2S. The minimum Gasteiger partial charge on any atom is -0.483 e. The Kier molecular flexibility index (Phi) is 6.17. The van der Waals surface area contributed by atoms with Crippen LogP contribution in [0.15, 0.2) is 36.4 Å². The van der Waals surface area contributed by atoms with Gasteiger partial charge in [-0.3, -0.25) is 10.1 Å². The van der Waals surface area contributed by atoms with Crippen molar-refractivity contribution in [1.82, 2.24) is 5.32 Å². The number of thiocarbonyl (C=S) groups is 1. The summed E-state index contributed by atoms with van der Waals surface area (Å²) in [4.78, 5) is 11.9. The molecule has 2 rings (SSSR count). The largest absolute Gasteiger partial charge is 0.483 e. The highest BCUT2D eigenvalue weighted by atomic mass is 35.5. The lowest BCUT2D eigenvalue weighted by Gasteiger charge is -2.13. The Balaban J connectivity index is 1.86. The number of amides is 1. The second kappa shape index (κ2) is 8.13. The molecule has 0 aliphatic heterocycles. The maximum absolute atomic E-state index is 11.9. The lowest BCUT2D eigenvalue weighted by atomic mass is 10.1. The molecule has 2 aromatic carbocycles. The molecule has 4 nitrogen and oxygen atoms in total. The van der Waals surface area contributed by atoms with Crippen LogP contribution in [0.4, 0.5) is 5.69 Å². The Labute approximate surface area is 152 Å². The summed E-state index contributed by atoms with van der Waals surface area (Å²) >= 11 is 11.1. The van der Waals surface area contributed by atoms with Crippen LogP contribution in [0.5, 0.6) is 5.75 Å². The van der Waals surface area contributed by atoms with Gasteiger partial charge in [0.2, 0.25) is 0 Å². The van der Waals surface area contributed by atoms with E-state index < -0.39 is 0 Å². The van der Waals surface area contributed by atoms with Crippen molar-refractivity contribution in [2.24, 2.45) is 0 Å². The zero-order chi connectivity index (χ0) is 17.7. The first kappa shape index (κ1) is 18.2. The first-order valence-electron chi connectivity index (χ1n) is 7.42. The van der Waals surface area contributed by atoms with Gasteiger partial charge in [-0.05, 0) is 68.4 Å². The van der Waals surface area contributed by atoms with Gasteiger partial charge in [-0.15, -0.1) is 0 Å². The van der Waals surface area contributed by atoms with Gasteiger partial charge in [0.25, 0.3) is 5.91 Å². The normalized spacial score (nSPS) is 10.2. The molecule has 126 valence electrons. The molecule has 0 saturated carbocycles. The molecule has 0 atom stereocenters. The quantitative estimate of drug-likeness (QED) is 0.802. The molecule has 0 aromatic heterocycles. The van der Waals surface area contributed by atoms with Crippen molar-refractivity contribution >= 4 is 40.5 Å². The molecule has 0 aliphatic carbocycles. The summed E-state index contributed by atoms with van der Waals surface area (Å²) in [6.45, 7) is 5.74. The van der Waals surface area contributed by atoms with E-state index in [0.29, 0.717) is 10.8 Å². The number of benzene rings is 2. The third-order valence-electron chi connectivity index (χ3n) is 3.38. The molecule has 0 fully saturated rings. The second-order valence-corrected chi connectivity index (χ2v) is 6.36. The molecule has 1 amide bonds. The first-order chi connectivity index (χ1) is 11.3. The Bertz CT molecular complexity index is 778. The fourth-order valence-electron chi connectivity index (χ4n) is 2.19. The number of aryl methyl sites for hydroxylation is 3. The van der Waals surface area contributed by atoms with Crippen LogP contribution in [0.3, 0.4) is 0 Å². The Morgan fingerprint density at radius 2 is 1.88 bits per heavy atom. The molecule has 0 unspecified atom stereocenters. The maximum atomic E-state index is 11.9. The molecule has 6 heteroatoms. The number of hydrogen-bond acceptors (Lipinski definition) is 3. The van der Waals surface area contributed by atoms with E-state index in [9.17, 15) is 4.79 Å². The van der Waals surface area contributed by atoms with Gasteiger partial charge in [-0.1, -0.05) is 29.3 Å². The summed E-state index contributed by atoms with van der Waals surface area (Å²) < 4.78 is 5.49. The van der Waals surface area contributed by atoms with Gasteiger partial charge in [-0.25, -0.2) is 0 Å². The lowest BCUT2D eigenvalue weighted by molar-refractivity contribution is -0.121. The van der Waals surface area contributed by atoms with Crippen LogP contribution in [0, 0.1) is 20.8 Å². The summed E-state index contributed by atoms with van der Waals surface area (Å²) in [5.41, 5.74) is 3.95. The van der Waals surface area contributed by atoms with E-state index in [-0.39, 0.29) is 17.6 Å². The van der Waals surface area contributed by atoms with Crippen molar-refractivity contribution < 1.29 is 9.53 Å². The van der Waals surface area contributed by atoms with Gasteiger partial charge in [-0.2, -0.15) is 0 Å². The van der Waals surface area contributed by atoms with Crippen LogP contribution in [0.2, 0.25) is 5.02 Å². The zero-order valence-electron chi connectivity index (χ0n) is 13.8. The van der Waals surface area contributed by atoms with Crippen molar-refractivity contribution in [2.45, 2.75) is 20.8 Å². The van der Waals surface area contributed by atoms with Crippen molar-refractivity contribution in [3.8, 4) is 5.75 Å². The highest BCUT2D eigenvalue weighted by Gasteiger charge is 2.08. The molecule has 24 heavy (non-hydrogen) atoms. The van der Waals surface area contributed by atoms with E-state index >= 15 is 0 Å². The van der Waals surface area contributed by atoms with E-state index in [1.807, 2.05) is 39.0 Å². The standard InChI is InChI=1S/C18H19ClN2O2S/c1-11-4-6-15(12(2)8-11)20-18(24)21-17(22)10-23-16-7-5-14(19)9-13(16)3/h4-9H,10H2,1-3H3,(H2,20,21,22,24). The average molecular weight is 363 g/mol. The van der Waals surface area contributed by atoms with Gasteiger partial charge < -0.3 is 10.1 Å². The number of carbonyl (C=O) groups is 1. The Morgan fingerprint density at radius 3 is 2.54 bits per heavy atom. The van der Waals surface area contributed by atoms with Gasteiger partial charge in [0.05, 0.1) is 0 Å². The maximum Gasteiger partial charge on any atom is 0.264 e. The molecule has 0 aliphatic rings. The number of rotatable bonds is 4. The smallest absolute Gasteiger partial charge is 0.264 e. The molecule has 0 radical (unpaired) electrons. The molecule has 0 bridgehead atoms. The molecule has 0 spiro atoms. The Morgan fingerprint density at radius 1 is 1.12 bits per heavy atom. The number of ether oxygens (including phenoxy) is 1. The molecule has 2 aromatic rings. The highest BCUT2D eigenvalue weighted by molar-refractivity contribution is 7.80. The number of nitrogens with one attached hydrogen (secondary N) is 2. The number of carbonyl (C=O) groups excluding carboxylic acids is 1. The summed E-state index contributed by atoms with van der Waals surface area (Å²) in [6, 6.07) is 11.2. The van der Waals surface area contributed by atoms with E-state index in [2.05, 4.69) is 10.6 Å². The van der Waals surface area contributed by atoms with E-state index in [0.717, 1.165) is 16.8 Å². The molecule has 0 heterocycles. The third kappa shape index (κ3) is 5.22. The highest BCUT2D eigenvalue weighted by Crippen LogP contribution is 2.21. The molecule has 0 saturated heterocycles. The van der Waals surface area contributed by atoms with Gasteiger partial charge >= 0.3 is 0 Å². The number of anilines is 1. The number of halogens is 1. The predicted molar refractivity (Wildman–Crippen MR) is 102 cm³/mol. The first-order valence-corrected chi connectivity index (χ1v) is 8.21. The minimum absolute atomic E-state index is 0.128. The van der Waals surface area contributed by atoms with Crippen molar-refractivity contribution in [3.63, 3.8) is 0 Å². The molecule has 2 N–H and O–H groups in total. The van der Waals surface area contributed by atoms with Crippen LogP contribution in [0.1, 0.15) is 16.7 Å². The fraction of sp³-hybridized carbons (Fsp3) is 0.222. The van der Waals surface area contributed by atoms with Crippen LogP contribution >= 0.6 is 23.8 Å². The SMILES string of the molecule is Cc1ccc(NC(=S)NC(=O)COc2ccc(Cl)cc2C)c(C)c1. The minimum atomic E-state index is -0.327. The summed E-state index contributed by atoms with van der Waals surface area (Å²) in [5.74, 6) is 0.287. The van der Waals surface area contributed by atoms with Crippen molar-refractivity contribution in [2.75, 3.05) is 11.9 Å². The van der Waals surface area contributed by atoms with Gasteiger partial charge in [0, 0.05) is 10.7 Å². The third-order valence-corrected chi connectivity index (χ3v) is 3.82. The van der Waals surface area contributed by atoms with E-state index in [1.165, 1.54) is 5.56 Å². The van der Waals surface area contributed by atoms with Crippen molar-refractivity contribution in [1.29, 1.82) is 0 Å². The Hall–Kier alpha value is -2.11. The van der Waals surface area contributed by atoms with Gasteiger partial charge in [0.15, 0.2) is 11.7 Å². The van der Waals surface area contributed by atoms with E-state index in [1.54, 1.807) is 18.2 Å². The summed E-state index contributed by atoms with van der Waals surface area (Å²) in [5, 5.41) is 6.48. The van der Waals surface area contributed by atoms with E-state index in [4.69, 9.17) is 28.6 Å². The second-order valence-electron chi connectivity index (χ2n) is 5.52. The predicted octanol–water partition coefficient (Wildman–Crippen LogP) is 4.16. The summed E-state index contributed by atoms with van der Waals surface area (Å²) in [7, 11) is 0. The summed E-state index contributed by atoms with van der Waals surface area (Å²) in [6.07, 6.45) is 0. The average Bonchev–Trinajstić information content (AvgIpc) is 2.49. The fourth-order valence-corrected chi connectivity index (χ4v) is 2.64. The van der Waals surface area contributed by atoms with Crippen LogP contribution < -0.4 is 15.4 Å². The lowest BCUT2D eigenvalue weighted by Crippen LogP contribution is -2.37. The number of hydrogen-bond donors (Lipinski definition) is 2. The van der Waals surface area contributed by atoms with Crippen LogP contribution in [0.25, 0.3) is 0 Å². The van der Waals surface area contributed by atoms with Crippen LogP contribution in [-0.4, -0.2) is 17.6 Å². The van der Waals surface area contributed by atoms with Crippen LogP contribution in [-0.2, 0) is 4.79 Å². The van der Waals surface area contributed by atoms with Crippen molar-refractivity contribution in [3.05, 3.63) is 58.1 Å². The topological polar surface area (TPSA) is 50.4 Å². The van der Waals surface area contributed by atoms with Gasteiger partial charge in [0.1, 0.15) is 5.75 Å².